The molecule has 30 heavy (non-hydrogen) atoms. The summed E-state index contributed by atoms with van der Waals surface area (Å²) in [6.07, 6.45) is 3.11. The first kappa shape index (κ1) is 22.6. The number of thiazole rings is 1. The second-order valence-corrected chi connectivity index (χ2v) is 10.2. The Morgan fingerprint density at radius 3 is 2.77 bits per heavy atom. The highest BCUT2D eigenvalue weighted by molar-refractivity contribution is 7.88. The van der Waals surface area contributed by atoms with E-state index in [1.165, 1.54) is 22.6 Å². The quantitative estimate of drug-likeness (QED) is 0.712. The van der Waals surface area contributed by atoms with Gasteiger partial charge in [0.05, 0.1) is 23.1 Å². The van der Waals surface area contributed by atoms with Crippen LogP contribution in [0.15, 0.2) is 23.2 Å². The molecule has 2 amide bonds. The van der Waals surface area contributed by atoms with Gasteiger partial charge in [-0.1, -0.05) is 17.8 Å². The van der Waals surface area contributed by atoms with E-state index in [1.54, 1.807) is 13.2 Å². The van der Waals surface area contributed by atoms with Gasteiger partial charge in [-0.05, 0) is 31.0 Å². The molecule has 1 aromatic carbocycles. The molecule has 2 aromatic rings. The van der Waals surface area contributed by atoms with Gasteiger partial charge in [0.25, 0.3) is 5.91 Å². The number of rotatable bonds is 6. The average molecular weight is 455 g/mol. The number of nitrogens with zero attached hydrogens (tertiary/aromatic N) is 3. The molecular weight excluding hydrogens is 428 g/mol. The summed E-state index contributed by atoms with van der Waals surface area (Å²) >= 11 is 1.32. The number of fused-ring (bicyclic) bond motifs is 1. The van der Waals surface area contributed by atoms with Crippen molar-refractivity contribution in [2.45, 2.75) is 38.8 Å². The second kappa shape index (κ2) is 9.38. The van der Waals surface area contributed by atoms with Gasteiger partial charge in [-0.3, -0.25) is 9.59 Å². The molecule has 3 rings (SSSR count). The van der Waals surface area contributed by atoms with Gasteiger partial charge in [-0.25, -0.2) is 8.42 Å². The van der Waals surface area contributed by atoms with Crippen LogP contribution in [0.3, 0.4) is 0 Å². The van der Waals surface area contributed by atoms with Crippen molar-refractivity contribution in [3.05, 3.63) is 23.0 Å². The smallest absolute Gasteiger partial charge is 0.266 e. The number of nitrogens with one attached hydrogen (secondary N) is 1. The first-order valence-electron chi connectivity index (χ1n) is 9.66. The third-order valence-electron chi connectivity index (χ3n) is 4.89. The van der Waals surface area contributed by atoms with Crippen molar-refractivity contribution in [1.29, 1.82) is 0 Å². The van der Waals surface area contributed by atoms with E-state index in [4.69, 9.17) is 4.74 Å². The molecule has 1 unspecified atom stereocenters. The predicted octanol–water partition coefficient (Wildman–Crippen LogP) is 1.55. The number of ether oxygens (including phenoxy) is 1. The van der Waals surface area contributed by atoms with Crippen LogP contribution in [-0.2, 0) is 30.9 Å². The third-order valence-corrected chi connectivity index (χ3v) is 7.22. The van der Waals surface area contributed by atoms with Crippen molar-refractivity contribution >= 4 is 49.1 Å². The third kappa shape index (κ3) is 5.15. The first-order valence-corrected chi connectivity index (χ1v) is 12.3. The summed E-state index contributed by atoms with van der Waals surface area (Å²) in [5.74, 6) is -0.628. The lowest BCUT2D eigenvalue weighted by Gasteiger charge is -2.31. The number of carbonyl (C=O) groups is 2. The van der Waals surface area contributed by atoms with Crippen LogP contribution in [-0.4, -0.2) is 61.7 Å². The van der Waals surface area contributed by atoms with Crippen LogP contribution in [0.4, 0.5) is 5.69 Å². The molecule has 1 aliphatic heterocycles. The van der Waals surface area contributed by atoms with E-state index >= 15 is 0 Å². The molecule has 1 aromatic heterocycles. The lowest BCUT2D eigenvalue weighted by Crippen LogP contribution is -2.47. The lowest BCUT2D eigenvalue weighted by molar-refractivity contribution is -0.122. The zero-order valence-electron chi connectivity index (χ0n) is 17.3. The Hall–Kier alpha value is -2.08. The molecule has 0 radical (unpaired) electrons. The van der Waals surface area contributed by atoms with E-state index in [9.17, 15) is 18.0 Å². The van der Waals surface area contributed by atoms with Gasteiger partial charge >= 0.3 is 0 Å². The maximum absolute atomic E-state index is 13.0. The minimum atomic E-state index is -3.49. The number of piperidine rings is 1. The van der Waals surface area contributed by atoms with Crippen LogP contribution in [0.25, 0.3) is 10.2 Å². The van der Waals surface area contributed by atoms with E-state index in [1.807, 2.05) is 16.7 Å². The highest BCUT2D eigenvalue weighted by atomic mass is 32.2. The summed E-state index contributed by atoms with van der Waals surface area (Å²) in [5.41, 5.74) is 1.52. The standard InChI is InChI=1S/C19H26N4O5S2/c1-13(24)20-14-7-8-15-17(12-14)29-19(22(15)10-11-28-2)21-18(25)16-6-4-5-9-23(16)30(3,26)27/h7-8,12,16H,4-6,9-11H2,1-3H3,(H,20,24). The highest BCUT2D eigenvalue weighted by Crippen LogP contribution is 2.23. The molecule has 1 aliphatic rings. The zero-order valence-corrected chi connectivity index (χ0v) is 18.9. The van der Waals surface area contributed by atoms with Crippen molar-refractivity contribution < 1.29 is 22.7 Å². The van der Waals surface area contributed by atoms with E-state index < -0.39 is 22.0 Å². The van der Waals surface area contributed by atoms with E-state index in [0.29, 0.717) is 36.6 Å². The summed E-state index contributed by atoms with van der Waals surface area (Å²) in [5, 5.41) is 2.75. The number of benzene rings is 1. The Bertz CT molecular complexity index is 1120. The molecular formula is C19H26N4O5S2. The van der Waals surface area contributed by atoms with Crippen LogP contribution in [0.1, 0.15) is 26.2 Å². The molecule has 1 N–H and O–H groups in total. The number of anilines is 1. The number of carbonyl (C=O) groups excluding carboxylic acids is 2. The van der Waals surface area contributed by atoms with Crippen molar-refractivity contribution in [2.24, 2.45) is 4.99 Å². The van der Waals surface area contributed by atoms with Crippen LogP contribution >= 0.6 is 11.3 Å². The van der Waals surface area contributed by atoms with Crippen molar-refractivity contribution in [2.75, 3.05) is 31.8 Å². The Labute approximate surface area is 179 Å². The number of amides is 2. The maximum Gasteiger partial charge on any atom is 0.266 e. The van der Waals surface area contributed by atoms with Gasteiger partial charge in [0, 0.05) is 32.8 Å². The molecule has 0 aliphatic carbocycles. The summed E-state index contributed by atoms with van der Waals surface area (Å²) in [4.78, 5) is 29.1. The Morgan fingerprint density at radius 1 is 1.33 bits per heavy atom. The molecule has 0 bridgehead atoms. The fourth-order valence-electron chi connectivity index (χ4n) is 3.56. The number of methoxy groups -OCH3 is 1. The van der Waals surface area contributed by atoms with E-state index in [0.717, 1.165) is 29.3 Å². The molecule has 0 spiro atoms. The van der Waals surface area contributed by atoms with Crippen molar-refractivity contribution in [1.82, 2.24) is 8.87 Å². The van der Waals surface area contributed by atoms with Crippen LogP contribution in [0.5, 0.6) is 0 Å². The van der Waals surface area contributed by atoms with E-state index in [2.05, 4.69) is 10.3 Å². The number of aromatic nitrogens is 1. The number of hydrogen-bond donors (Lipinski definition) is 1. The van der Waals surface area contributed by atoms with Crippen LogP contribution in [0.2, 0.25) is 0 Å². The second-order valence-electron chi connectivity index (χ2n) is 7.23. The molecule has 9 nitrogen and oxygen atoms in total. The topological polar surface area (TPSA) is 110 Å². The molecule has 2 heterocycles. The summed E-state index contributed by atoms with van der Waals surface area (Å²) < 4.78 is 33.4. The summed E-state index contributed by atoms with van der Waals surface area (Å²) in [6, 6.07) is 4.71. The maximum atomic E-state index is 13.0. The fraction of sp³-hybridized carbons (Fsp3) is 0.526. The van der Waals surface area contributed by atoms with Gasteiger partial charge in [-0.2, -0.15) is 9.30 Å². The number of hydrogen-bond acceptors (Lipinski definition) is 6. The van der Waals surface area contributed by atoms with E-state index in [-0.39, 0.29) is 5.91 Å². The van der Waals surface area contributed by atoms with Crippen molar-refractivity contribution in [3.8, 4) is 0 Å². The molecule has 11 heteroatoms. The van der Waals surface area contributed by atoms with Crippen LogP contribution in [0, 0.1) is 0 Å². The summed E-state index contributed by atoms with van der Waals surface area (Å²) in [6.45, 7) is 2.69. The fourth-order valence-corrected chi connectivity index (χ4v) is 5.78. The lowest BCUT2D eigenvalue weighted by atomic mass is 10.0. The molecule has 0 saturated carbocycles. The SMILES string of the molecule is COCCn1c(=NC(=O)C2CCCCN2S(C)(=O)=O)sc2cc(NC(C)=O)ccc21. The largest absolute Gasteiger partial charge is 0.383 e. The van der Waals surface area contributed by atoms with Gasteiger partial charge in [-0.15, -0.1) is 0 Å². The minimum absolute atomic E-state index is 0.170. The Kier molecular flexibility index (Phi) is 7.06. The van der Waals surface area contributed by atoms with Gasteiger partial charge in [0.2, 0.25) is 15.9 Å². The zero-order chi connectivity index (χ0) is 21.9. The van der Waals surface area contributed by atoms with Crippen LogP contribution < -0.4 is 10.1 Å². The predicted molar refractivity (Wildman–Crippen MR) is 116 cm³/mol. The Balaban J connectivity index is 2.04. The molecule has 1 fully saturated rings. The van der Waals surface area contributed by atoms with Gasteiger partial charge in [0.15, 0.2) is 4.80 Å². The molecule has 164 valence electrons. The molecule has 1 saturated heterocycles. The van der Waals surface area contributed by atoms with Crippen molar-refractivity contribution in [3.63, 3.8) is 0 Å². The normalized spacial score (nSPS) is 18.6. The number of sulfonamides is 1. The monoisotopic (exact) mass is 454 g/mol. The molecule has 1 atom stereocenters. The van der Waals surface area contributed by atoms with Gasteiger partial charge < -0.3 is 14.6 Å². The highest BCUT2D eigenvalue weighted by Gasteiger charge is 2.34. The summed E-state index contributed by atoms with van der Waals surface area (Å²) in [7, 11) is -1.89. The van der Waals surface area contributed by atoms with Gasteiger partial charge in [0.1, 0.15) is 6.04 Å². The Morgan fingerprint density at radius 2 is 2.10 bits per heavy atom. The minimum Gasteiger partial charge on any atom is -0.383 e. The first-order chi connectivity index (χ1) is 14.2. The average Bonchev–Trinajstić information content (AvgIpc) is 3.01.